The molecule has 0 heterocycles. The largest absolute Gasteiger partial charge is 0.448 e. The summed E-state index contributed by atoms with van der Waals surface area (Å²) in [7, 11) is 3.89. The van der Waals surface area contributed by atoms with Gasteiger partial charge in [0, 0.05) is 17.2 Å². The number of thioether (sulfide) groups is 1. The molecule has 0 aromatic heterocycles. The van der Waals surface area contributed by atoms with E-state index in [1.165, 1.54) is 16.3 Å². The number of rotatable bonds is 7. The summed E-state index contributed by atoms with van der Waals surface area (Å²) in [5.74, 6) is 0.829. The molecule has 0 atom stereocenters. The van der Waals surface area contributed by atoms with Gasteiger partial charge in [-0.2, -0.15) is 0 Å². The van der Waals surface area contributed by atoms with Crippen molar-refractivity contribution in [3.05, 3.63) is 72.3 Å². The average Bonchev–Trinajstić information content (AvgIpc) is 2.67. The third kappa shape index (κ3) is 5.49. The second kappa shape index (κ2) is 9.44. The van der Waals surface area contributed by atoms with Crippen LogP contribution in [0.1, 0.15) is 5.56 Å². The molecule has 3 aromatic carbocycles. The third-order valence-corrected chi connectivity index (χ3v) is 5.28. The van der Waals surface area contributed by atoms with Crippen molar-refractivity contribution in [2.75, 3.05) is 32.6 Å². The highest BCUT2D eigenvalue weighted by molar-refractivity contribution is 7.98. The van der Waals surface area contributed by atoms with Gasteiger partial charge in [-0.05, 0) is 42.6 Å². The molecule has 4 nitrogen and oxygen atoms in total. The first-order chi connectivity index (χ1) is 13.1. The van der Waals surface area contributed by atoms with Crippen LogP contribution in [0.3, 0.4) is 0 Å². The zero-order chi connectivity index (χ0) is 19.1. The minimum atomic E-state index is -0.421. The van der Waals surface area contributed by atoms with E-state index in [2.05, 4.69) is 47.8 Å². The van der Waals surface area contributed by atoms with E-state index in [-0.39, 0.29) is 0 Å². The molecule has 1 amide bonds. The zero-order valence-electron chi connectivity index (χ0n) is 15.6. The number of carbonyl (C=O) groups is 1. The molecule has 0 aliphatic heterocycles. The Morgan fingerprint density at radius 2 is 1.74 bits per heavy atom. The molecule has 0 spiro atoms. The fourth-order valence-electron chi connectivity index (χ4n) is 2.74. The topological polar surface area (TPSA) is 41.6 Å². The Kier molecular flexibility index (Phi) is 6.74. The molecular weight excluding hydrogens is 356 g/mol. The first-order valence-electron chi connectivity index (χ1n) is 8.90. The van der Waals surface area contributed by atoms with Crippen LogP contribution in [0.5, 0.6) is 0 Å². The number of likely N-dealkylation sites (N-methyl/N-ethyl adjacent to an activating group) is 1. The normalized spacial score (nSPS) is 10.9. The Morgan fingerprint density at radius 1 is 1.00 bits per heavy atom. The molecule has 0 saturated carbocycles. The third-order valence-electron chi connectivity index (χ3n) is 4.16. The van der Waals surface area contributed by atoms with Crippen molar-refractivity contribution in [2.24, 2.45) is 0 Å². The summed E-state index contributed by atoms with van der Waals surface area (Å²) in [5, 5.41) is 5.36. The van der Waals surface area contributed by atoms with E-state index in [9.17, 15) is 4.79 Å². The van der Waals surface area contributed by atoms with Crippen LogP contribution in [0.25, 0.3) is 10.8 Å². The number of ether oxygens (including phenoxy) is 1. The van der Waals surface area contributed by atoms with E-state index in [4.69, 9.17) is 4.74 Å². The molecule has 0 unspecified atom stereocenters. The first kappa shape index (κ1) is 19.3. The van der Waals surface area contributed by atoms with Crippen molar-refractivity contribution in [3.8, 4) is 0 Å². The number of hydrogen-bond acceptors (Lipinski definition) is 4. The van der Waals surface area contributed by atoms with Crippen LogP contribution < -0.4 is 5.32 Å². The summed E-state index contributed by atoms with van der Waals surface area (Å²) in [5.41, 5.74) is 2.05. The van der Waals surface area contributed by atoms with Gasteiger partial charge in [-0.25, -0.2) is 4.79 Å². The van der Waals surface area contributed by atoms with Crippen molar-refractivity contribution in [1.29, 1.82) is 0 Å². The van der Waals surface area contributed by atoms with Crippen LogP contribution >= 0.6 is 11.8 Å². The maximum absolute atomic E-state index is 12.0. The van der Waals surface area contributed by atoms with E-state index in [0.717, 1.165) is 16.3 Å². The second-order valence-corrected chi connectivity index (χ2v) is 7.50. The quantitative estimate of drug-likeness (QED) is 0.569. The fourth-order valence-corrected chi connectivity index (χ4v) is 3.75. The highest BCUT2D eigenvalue weighted by atomic mass is 32.2. The number of hydrogen-bond donors (Lipinski definition) is 1. The van der Waals surface area contributed by atoms with E-state index >= 15 is 0 Å². The van der Waals surface area contributed by atoms with Crippen LogP contribution in [0.4, 0.5) is 10.5 Å². The molecule has 5 heteroatoms. The van der Waals surface area contributed by atoms with Gasteiger partial charge < -0.3 is 9.64 Å². The highest BCUT2D eigenvalue weighted by Crippen LogP contribution is 2.32. The number of carbonyl (C=O) groups excluding carboxylic acids is 1. The molecule has 0 aliphatic carbocycles. The van der Waals surface area contributed by atoms with E-state index in [0.29, 0.717) is 13.2 Å². The van der Waals surface area contributed by atoms with Gasteiger partial charge in [0.2, 0.25) is 0 Å². The Bertz CT molecular complexity index is 906. The molecule has 140 valence electrons. The molecule has 0 saturated heterocycles. The monoisotopic (exact) mass is 380 g/mol. The van der Waals surface area contributed by atoms with Gasteiger partial charge >= 0.3 is 6.09 Å². The van der Waals surface area contributed by atoms with E-state index < -0.39 is 6.09 Å². The van der Waals surface area contributed by atoms with Gasteiger partial charge in [-0.1, -0.05) is 54.6 Å². The van der Waals surface area contributed by atoms with Crippen LogP contribution in [0, 0.1) is 0 Å². The Hall–Kier alpha value is -2.50. The van der Waals surface area contributed by atoms with Crippen molar-refractivity contribution < 1.29 is 9.53 Å². The van der Waals surface area contributed by atoms with Gasteiger partial charge in [-0.3, -0.25) is 5.32 Å². The molecule has 27 heavy (non-hydrogen) atoms. The number of nitrogens with zero attached hydrogens (tertiary/aromatic N) is 1. The van der Waals surface area contributed by atoms with Crippen LogP contribution in [-0.4, -0.2) is 38.2 Å². The van der Waals surface area contributed by atoms with Crippen LogP contribution in [0.15, 0.2) is 71.6 Å². The Labute approximate surface area is 164 Å². The predicted molar refractivity (Wildman–Crippen MR) is 113 cm³/mol. The van der Waals surface area contributed by atoms with Crippen molar-refractivity contribution in [2.45, 2.75) is 10.6 Å². The minimum Gasteiger partial charge on any atom is -0.448 e. The predicted octanol–water partition coefficient (Wildman–Crippen LogP) is 5.24. The second-order valence-electron chi connectivity index (χ2n) is 6.49. The SMILES string of the molecule is CN(C)CCOC(=O)Nc1ccccc1SCc1cccc2ccccc12. The lowest BCUT2D eigenvalue weighted by Crippen LogP contribution is -2.22. The Morgan fingerprint density at radius 3 is 2.59 bits per heavy atom. The highest BCUT2D eigenvalue weighted by Gasteiger charge is 2.09. The lowest BCUT2D eigenvalue weighted by Gasteiger charge is -2.13. The summed E-state index contributed by atoms with van der Waals surface area (Å²) in [6.45, 7) is 1.06. The molecule has 3 rings (SSSR count). The summed E-state index contributed by atoms with van der Waals surface area (Å²) >= 11 is 1.71. The lowest BCUT2D eigenvalue weighted by molar-refractivity contribution is 0.151. The van der Waals surface area contributed by atoms with Gasteiger partial charge in [0.05, 0.1) is 5.69 Å². The van der Waals surface area contributed by atoms with E-state index in [1.807, 2.05) is 43.3 Å². The fraction of sp³-hybridized carbons (Fsp3) is 0.227. The van der Waals surface area contributed by atoms with Crippen LogP contribution in [-0.2, 0) is 10.5 Å². The molecule has 1 N–H and O–H groups in total. The average molecular weight is 381 g/mol. The van der Waals surface area contributed by atoms with Crippen molar-refractivity contribution in [3.63, 3.8) is 0 Å². The van der Waals surface area contributed by atoms with E-state index in [1.54, 1.807) is 11.8 Å². The molecule has 0 bridgehead atoms. The summed E-state index contributed by atoms with van der Waals surface area (Å²) < 4.78 is 5.23. The molecule has 0 radical (unpaired) electrons. The summed E-state index contributed by atoms with van der Waals surface area (Å²) in [6, 6.07) is 22.6. The van der Waals surface area contributed by atoms with Gasteiger partial charge in [0.1, 0.15) is 6.61 Å². The Balaban J connectivity index is 1.66. The van der Waals surface area contributed by atoms with Gasteiger partial charge in [0.25, 0.3) is 0 Å². The first-order valence-corrected chi connectivity index (χ1v) is 9.89. The van der Waals surface area contributed by atoms with Crippen molar-refractivity contribution >= 4 is 34.3 Å². The summed E-state index contributed by atoms with van der Waals surface area (Å²) in [6.07, 6.45) is -0.421. The number of para-hydroxylation sites is 1. The molecule has 0 aliphatic rings. The maximum Gasteiger partial charge on any atom is 0.411 e. The lowest BCUT2D eigenvalue weighted by atomic mass is 10.1. The van der Waals surface area contributed by atoms with Gasteiger partial charge in [-0.15, -0.1) is 11.8 Å². The smallest absolute Gasteiger partial charge is 0.411 e. The number of anilines is 1. The summed E-state index contributed by atoms with van der Waals surface area (Å²) in [4.78, 5) is 15.0. The molecule has 0 fully saturated rings. The van der Waals surface area contributed by atoms with Crippen molar-refractivity contribution in [1.82, 2.24) is 4.90 Å². The molecule has 3 aromatic rings. The number of amides is 1. The maximum atomic E-state index is 12.0. The number of fused-ring (bicyclic) bond motifs is 1. The standard InChI is InChI=1S/C22H24N2O2S/c1-24(2)14-15-26-22(25)23-20-12-5-6-13-21(20)27-16-18-10-7-9-17-8-3-4-11-19(17)18/h3-13H,14-16H2,1-2H3,(H,23,25). The minimum absolute atomic E-state index is 0.365. The number of nitrogens with one attached hydrogen (secondary N) is 1. The zero-order valence-corrected chi connectivity index (χ0v) is 16.5. The number of benzene rings is 3. The molecular formula is C22H24N2O2S. The van der Waals surface area contributed by atoms with Gasteiger partial charge in [0.15, 0.2) is 0 Å². The van der Waals surface area contributed by atoms with Crippen LogP contribution in [0.2, 0.25) is 0 Å².